The lowest BCUT2D eigenvalue weighted by Gasteiger charge is -2.42. The Morgan fingerprint density at radius 3 is 2.77 bits per heavy atom. The van der Waals surface area contributed by atoms with E-state index in [9.17, 15) is 14.4 Å². The van der Waals surface area contributed by atoms with E-state index in [4.69, 9.17) is 20.8 Å². The molecule has 4 heterocycles. The quantitative estimate of drug-likeness (QED) is 0.549. The van der Waals surface area contributed by atoms with Crippen molar-refractivity contribution >= 4 is 29.5 Å². The maximum atomic E-state index is 13.7. The first-order chi connectivity index (χ1) is 16.9. The normalized spacial score (nSPS) is 19.1. The topological polar surface area (TPSA) is 93.8 Å². The summed E-state index contributed by atoms with van der Waals surface area (Å²) in [6.07, 6.45) is 3.92. The Labute approximate surface area is 206 Å². The lowest BCUT2D eigenvalue weighted by molar-refractivity contribution is -0.130. The second-order valence-electron chi connectivity index (χ2n) is 8.78. The van der Waals surface area contributed by atoms with E-state index in [0.29, 0.717) is 36.2 Å². The van der Waals surface area contributed by atoms with Crippen LogP contribution in [0.15, 0.2) is 69.7 Å². The first-order valence-electron chi connectivity index (χ1n) is 11.3. The minimum absolute atomic E-state index is 0.0156. The van der Waals surface area contributed by atoms with Gasteiger partial charge in [-0.15, -0.1) is 0 Å². The van der Waals surface area contributed by atoms with Gasteiger partial charge in [-0.1, -0.05) is 17.7 Å². The zero-order chi connectivity index (χ0) is 24.5. The van der Waals surface area contributed by atoms with Crippen molar-refractivity contribution in [1.29, 1.82) is 0 Å². The molecule has 2 amide bonds. The smallest absolute Gasteiger partial charge is 0.270 e. The van der Waals surface area contributed by atoms with E-state index in [0.717, 1.165) is 12.1 Å². The van der Waals surface area contributed by atoms with Gasteiger partial charge in [-0.2, -0.15) is 0 Å². The van der Waals surface area contributed by atoms with Crippen LogP contribution in [0, 0.1) is 5.92 Å². The summed E-state index contributed by atoms with van der Waals surface area (Å²) in [7, 11) is 1.46. The molecule has 1 aromatic carbocycles. The van der Waals surface area contributed by atoms with Gasteiger partial charge in [-0.25, -0.2) is 0 Å². The number of benzene rings is 1. The Bertz CT molecular complexity index is 1360. The highest BCUT2D eigenvalue weighted by atomic mass is 35.5. The Morgan fingerprint density at radius 1 is 1.14 bits per heavy atom. The zero-order valence-electron chi connectivity index (χ0n) is 19.1. The van der Waals surface area contributed by atoms with Crippen molar-refractivity contribution in [3.63, 3.8) is 0 Å². The van der Waals surface area contributed by atoms with Gasteiger partial charge in [-0.05, 0) is 48.7 Å². The van der Waals surface area contributed by atoms with Crippen LogP contribution in [-0.2, 0) is 11.3 Å². The molecule has 0 saturated carbocycles. The van der Waals surface area contributed by atoms with Gasteiger partial charge < -0.3 is 23.9 Å². The lowest BCUT2D eigenvalue weighted by Crippen LogP contribution is -2.50. The number of piperidine rings is 1. The number of aromatic nitrogens is 1. The third kappa shape index (κ3) is 4.61. The first kappa shape index (κ1) is 23.0. The number of nitrogens with one attached hydrogen (secondary N) is 1. The molecule has 180 valence electrons. The van der Waals surface area contributed by atoms with Crippen molar-refractivity contribution in [2.75, 3.05) is 20.2 Å². The number of ether oxygens (including phenoxy) is 1. The van der Waals surface area contributed by atoms with Crippen molar-refractivity contribution in [3.8, 4) is 5.75 Å². The number of amides is 2. The third-order valence-corrected chi connectivity index (χ3v) is 6.72. The number of fused-ring (bicyclic) bond motifs is 4. The van der Waals surface area contributed by atoms with E-state index in [1.165, 1.54) is 25.5 Å². The molecule has 9 heteroatoms. The Hall–Kier alpha value is -3.78. The molecule has 0 spiro atoms. The largest absolute Gasteiger partial charge is 0.496 e. The molecule has 2 aliphatic rings. The molecule has 2 atom stereocenters. The molecule has 0 radical (unpaired) electrons. The van der Waals surface area contributed by atoms with Crippen LogP contribution in [0.4, 0.5) is 0 Å². The van der Waals surface area contributed by atoms with Crippen LogP contribution in [-0.4, -0.2) is 41.5 Å². The number of likely N-dealkylation sites (tertiary alicyclic amines) is 1. The first-order valence-corrected chi connectivity index (χ1v) is 11.7. The van der Waals surface area contributed by atoms with Crippen LogP contribution >= 0.6 is 11.6 Å². The number of halogens is 1. The van der Waals surface area contributed by atoms with E-state index in [2.05, 4.69) is 5.32 Å². The summed E-state index contributed by atoms with van der Waals surface area (Å²) in [4.78, 5) is 40.9. The molecular formula is C26H24ClN3O5. The summed E-state index contributed by atoms with van der Waals surface area (Å²) in [5.41, 5.74) is 1.22. The van der Waals surface area contributed by atoms with Crippen molar-refractivity contribution in [3.05, 3.63) is 92.9 Å². The second kappa shape index (κ2) is 9.46. The summed E-state index contributed by atoms with van der Waals surface area (Å²) in [6.45, 7) is 1.51. The highest BCUT2D eigenvalue weighted by Gasteiger charge is 2.37. The average molecular weight is 494 g/mol. The van der Waals surface area contributed by atoms with Gasteiger partial charge in [0.15, 0.2) is 0 Å². The Balaban J connectivity index is 1.44. The van der Waals surface area contributed by atoms with Crippen molar-refractivity contribution in [2.24, 2.45) is 5.92 Å². The van der Waals surface area contributed by atoms with Gasteiger partial charge in [0, 0.05) is 48.4 Å². The predicted molar refractivity (Wildman–Crippen MR) is 130 cm³/mol. The maximum Gasteiger partial charge on any atom is 0.270 e. The number of pyridine rings is 1. The molecule has 35 heavy (non-hydrogen) atoms. The number of furan rings is 1. The van der Waals surface area contributed by atoms with E-state index in [-0.39, 0.29) is 34.6 Å². The fourth-order valence-electron chi connectivity index (χ4n) is 4.95. The van der Waals surface area contributed by atoms with Crippen LogP contribution in [0.25, 0.3) is 6.08 Å². The van der Waals surface area contributed by atoms with Crippen LogP contribution in [0.2, 0.25) is 5.02 Å². The number of methoxy groups -OCH3 is 1. The van der Waals surface area contributed by atoms with Crippen molar-refractivity contribution in [1.82, 2.24) is 14.8 Å². The van der Waals surface area contributed by atoms with Crippen LogP contribution in [0.3, 0.4) is 0 Å². The highest BCUT2D eigenvalue weighted by Crippen LogP contribution is 2.35. The predicted octanol–water partition coefficient (Wildman–Crippen LogP) is 3.52. The third-order valence-electron chi connectivity index (χ3n) is 6.48. The number of nitrogens with zero attached hydrogens (tertiary/aromatic N) is 2. The molecule has 1 N–H and O–H groups in total. The summed E-state index contributed by atoms with van der Waals surface area (Å²) in [5.74, 6) is 0.127. The minimum atomic E-state index is -0.524. The molecular weight excluding hydrogens is 470 g/mol. The molecule has 8 nitrogen and oxygen atoms in total. The fourth-order valence-corrected chi connectivity index (χ4v) is 5.12. The molecule has 1 saturated heterocycles. The van der Waals surface area contributed by atoms with E-state index in [1.54, 1.807) is 41.3 Å². The molecule has 5 rings (SSSR count). The SMILES string of the molecule is COc1ccc(Cl)cc1C(=O)N/C(=C/c1ccco1)C(=O)N1C[C@H]2C[C@@H](C1)c1cccc(=O)n1C2. The molecule has 1 fully saturated rings. The monoisotopic (exact) mass is 493 g/mol. The lowest BCUT2D eigenvalue weighted by atomic mass is 9.83. The standard InChI is InChI=1S/C26H24ClN3O5/c1-34-23-8-7-18(27)11-20(23)25(32)28-21(12-19-4-3-9-35-19)26(33)29-13-16-10-17(15-29)22-5-2-6-24(31)30(22)14-16/h2-9,11-12,16-17H,10,13-15H2,1H3,(H,28,32)/b21-12+/t16-,17+/m1/s1. The summed E-state index contributed by atoms with van der Waals surface area (Å²) in [5, 5.41) is 3.11. The maximum absolute atomic E-state index is 13.7. The van der Waals surface area contributed by atoms with E-state index < -0.39 is 5.91 Å². The highest BCUT2D eigenvalue weighted by molar-refractivity contribution is 6.31. The zero-order valence-corrected chi connectivity index (χ0v) is 19.8. The summed E-state index contributed by atoms with van der Waals surface area (Å²) >= 11 is 6.10. The molecule has 3 aromatic rings. The molecule has 2 bridgehead atoms. The fraction of sp³-hybridized carbons (Fsp3) is 0.269. The van der Waals surface area contributed by atoms with Crippen molar-refractivity contribution < 1.29 is 18.7 Å². The number of rotatable bonds is 5. The number of carbonyl (C=O) groups excluding carboxylic acids is 2. The van der Waals surface area contributed by atoms with E-state index >= 15 is 0 Å². The molecule has 0 unspecified atom stereocenters. The number of hydrogen-bond donors (Lipinski definition) is 1. The Kier molecular flexibility index (Phi) is 6.21. The van der Waals surface area contributed by atoms with Crippen LogP contribution < -0.4 is 15.6 Å². The van der Waals surface area contributed by atoms with Gasteiger partial charge in [0.2, 0.25) is 0 Å². The van der Waals surface area contributed by atoms with Gasteiger partial charge in [0.25, 0.3) is 17.4 Å². The van der Waals surface area contributed by atoms with Gasteiger partial charge in [0.1, 0.15) is 17.2 Å². The van der Waals surface area contributed by atoms with Crippen LogP contribution in [0.1, 0.15) is 34.2 Å². The van der Waals surface area contributed by atoms with E-state index in [1.807, 2.05) is 10.6 Å². The van der Waals surface area contributed by atoms with Gasteiger partial charge in [-0.3, -0.25) is 14.4 Å². The summed E-state index contributed by atoms with van der Waals surface area (Å²) < 4.78 is 12.5. The molecule has 0 aliphatic carbocycles. The number of carbonyl (C=O) groups is 2. The average Bonchev–Trinajstić information content (AvgIpc) is 3.37. The van der Waals surface area contributed by atoms with Crippen LogP contribution in [0.5, 0.6) is 5.75 Å². The van der Waals surface area contributed by atoms with Gasteiger partial charge in [0.05, 0.1) is 18.9 Å². The number of hydrogen-bond acceptors (Lipinski definition) is 5. The van der Waals surface area contributed by atoms with Crippen molar-refractivity contribution in [2.45, 2.75) is 18.9 Å². The minimum Gasteiger partial charge on any atom is -0.496 e. The molecule has 2 aromatic heterocycles. The Morgan fingerprint density at radius 2 is 2.00 bits per heavy atom. The molecule has 2 aliphatic heterocycles. The summed E-state index contributed by atoms with van der Waals surface area (Å²) in [6, 6.07) is 13.4. The van der Waals surface area contributed by atoms with Gasteiger partial charge >= 0.3 is 0 Å². The second-order valence-corrected chi connectivity index (χ2v) is 9.22.